The molecule has 1 aliphatic heterocycles. The quantitative estimate of drug-likeness (QED) is 0.0205. The smallest absolute Gasteiger partial charge is 0.306 e. The highest BCUT2D eigenvalue weighted by Crippen LogP contribution is 2.24. The maximum absolute atomic E-state index is 12.8. The van der Waals surface area contributed by atoms with Crippen molar-refractivity contribution in [2.24, 2.45) is 0 Å². The normalized spacial score (nSPS) is 20.9. The molecule has 1 rings (SSSR count). The number of aliphatic hydroxyl groups excluding tert-OH is 3. The van der Waals surface area contributed by atoms with Gasteiger partial charge in [-0.3, -0.25) is 14.1 Å². The number of carbonyl (C=O) groups excluding carboxylic acids is 2. The van der Waals surface area contributed by atoms with Gasteiger partial charge >= 0.3 is 11.9 Å². The van der Waals surface area contributed by atoms with Crippen LogP contribution in [0.3, 0.4) is 0 Å². The topological polar surface area (TPSA) is 186 Å². The van der Waals surface area contributed by atoms with Crippen LogP contribution < -0.4 is 0 Å². The molecule has 4 N–H and O–H groups in total. The molecule has 0 amide bonds. The van der Waals surface area contributed by atoms with Crippen molar-refractivity contribution in [3.8, 4) is 0 Å². The Hall–Kier alpha value is -1.87. The van der Waals surface area contributed by atoms with Crippen LogP contribution in [-0.2, 0) is 38.7 Å². The van der Waals surface area contributed by atoms with E-state index in [0.29, 0.717) is 12.8 Å². The summed E-state index contributed by atoms with van der Waals surface area (Å²) in [6.07, 6.45) is 26.5. The van der Waals surface area contributed by atoms with Gasteiger partial charge in [0.05, 0.1) is 6.61 Å². The summed E-state index contributed by atoms with van der Waals surface area (Å²) in [6.45, 7) is 3.71. The number of hydrogen-bond acceptors (Lipinski definition) is 11. The van der Waals surface area contributed by atoms with E-state index in [1.807, 2.05) is 0 Å². The van der Waals surface area contributed by atoms with E-state index in [4.69, 9.17) is 18.9 Å². The van der Waals surface area contributed by atoms with Gasteiger partial charge in [-0.2, -0.15) is 8.42 Å². The second kappa shape index (κ2) is 34.0. The summed E-state index contributed by atoms with van der Waals surface area (Å²) in [5.74, 6) is -2.00. The van der Waals surface area contributed by atoms with Crippen LogP contribution >= 0.6 is 0 Å². The number of rotatable bonds is 36. The zero-order valence-corrected chi connectivity index (χ0v) is 35.6. The maximum atomic E-state index is 12.8. The molecule has 0 aromatic heterocycles. The first-order valence-corrected chi connectivity index (χ1v) is 23.5. The molecule has 0 radical (unpaired) electrons. The molecule has 1 saturated heterocycles. The first-order chi connectivity index (χ1) is 27.0. The van der Waals surface area contributed by atoms with Crippen LogP contribution in [0.25, 0.3) is 0 Å². The summed E-state index contributed by atoms with van der Waals surface area (Å²) in [4.78, 5) is 25.3. The van der Waals surface area contributed by atoms with Crippen molar-refractivity contribution < 1.29 is 56.8 Å². The van der Waals surface area contributed by atoms with E-state index in [2.05, 4.69) is 38.2 Å². The zero-order valence-electron chi connectivity index (χ0n) is 34.7. The molecule has 1 heterocycles. The number of hydrogen-bond donors (Lipinski definition) is 4. The standard InChI is InChI=1S/C43H78O12S/c1-3-5-7-9-11-13-15-17-18-19-20-22-24-26-28-30-32-39(45)54-36(34-53-43-42(48)41(47)40(46)37(55-43)35-56(49,50)51)33-52-38(44)31-29-27-25-23-21-16-14-12-10-8-6-4-2/h12,14,18-19,36-37,40-43,46-48H,3-11,13,15-17,20-35H2,1-2H3,(H,49,50,51)/b14-12-,19-18-. The molecule has 0 aromatic rings. The maximum Gasteiger partial charge on any atom is 0.306 e. The Kier molecular flexibility index (Phi) is 31.7. The highest BCUT2D eigenvalue weighted by atomic mass is 32.2. The lowest BCUT2D eigenvalue weighted by molar-refractivity contribution is -0.297. The van der Waals surface area contributed by atoms with Crippen molar-refractivity contribution in [2.45, 2.75) is 218 Å². The third kappa shape index (κ3) is 28.5. The van der Waals surface area contributed by atoms with Crippen LogP contribution in [0, 0.1) is 0 Å². The van der Waals surface area contributed by atoms with E-state index >= 15 is 0 Å². The lowest BCUT2D eigenvalue weighted by Gasteiger charge is -2.40. The van der Waals surface area contributed by atoms with E-state index < -0.39 is 71.2 Å². The van der Waals surface area contributed by atoms with Gasteiger partial charge in [0.15, 0.2) is 12.4 Å². The summed E-state index contributed by atoms with van der Waals surface area (Å²) in [5.41, 5.74) is 0. The predicted molar refractivity (Wildman–Crippen MR) is 220 cm³/mol. The third-order valence-electron chi connectivity index (χ3n) is 10.0. The molecule has 0 aromatic carbocycles. The Morgan fingerprint density at radius 3 is 1.52 bits per heavy atom. The summed E-state index contributed by atoms with van der Waals surface area (Å²) in [6, 6.07) is 0. The minimum absolute atomic E-state index is 0.154. The lowest BCUT2D eigenvalue weighted by atomic mass is 10.00. The Balaban J connectivity index is 2.47. The number of aliphatic hydroxyl groups is 3. The van der Waals surface area contributed by atoms with E-state index in [1.165, 1.54) is 64.2 Å². The fourth-order valence-electron chi connectivity index (χ4n) is 6.55. The van der Waals surface area contributed by atoms with Crippen molar-refractivity contribution in [1.29, 1.82) is 0 Å². The molecular formula is C43H78O12S. The fraction of sp³-hybridized carbons (Fsp3) is 0.860. The average Bonchev–Trinajstić information content (AvgIpc) is 3.16. The molecule has 0 spiro atoms. The predicted octanol–water partition coefficient (Wildman–Crippen LogP) is 8.45. The summed E-state index contributed by atoms with van der Waals surface area (Å²) >= 11 is 0. The van der Waals surface area contributed by atoms with Gasteiger partial charge in [0.25, 0.3) is 10.1 Å². The minimum Gasteiger partial charge on any atom is -0.462 e. The molecular weight excluding hydrogens is 741 g/mol. The van der Waals surface area contributed by atoms with Gasteiger partial charge in [-0.05, 0) is 64.2 Å². The molecule has 56 heavy (non-hydrogen) atoms. The van der Waals surface area contributed by atoms with Crippen molar-refractivity contribution >= 4 is 22.1 Å². The summed E-state index contributed by atoms with van der Waals surface area (Å²) in [7, 11) is -4.60. The van der Waals surface area contributed by atoms with E-state index in [0.717, 1.165) is 77.0 Å². The summed E-state index contributed by atoms with van der Waals surface area (Å²) < 4.78 is 54.0. The molecule has 6 atom stereocenters. The van der Waals surface area contributed by atoms with Gasteiger partial charge in [-0.25, -0.2) is 0 Å². The lowest BCUT2D eigenvalue weighted by Crippen LogP contribution is -2.60. The Labute approximate surface area is 338 Å². The van der Waals surface area contributed by atoms with Gasteiger partial charge in [0, 0.05) is 12.8 Å². The van der Waals surface area contributed by atoms with E-state index in [9.17, 15) is 37.9 Å². The number of allylic oxidation sites excluding steroid dienone is 4. The molecule has 0 aliphatic carbocycles. The third-order valence-corrected chi connectivity index (χ3v) is 10.8. The molecule has 12 nitrogen and oxygen atoms in total. The van der Waals surface area contributed by atoms with Crippen LogP contribution in [-0.4, -0.2) is 96.0 Å². The fourth-order valence-corrected chi connectivity index (χ4v) is 7.24. The molecule has 0 bridgehead atoms. The van der Waals surface area contributed by atoms with Crippen molar-refractivity contribution in [1.82, 2.24) is 0 Å². The minimum atomic E-state index is -4.60. The van der Waals surface area contributed by atoms with Gasteiger partial charge in [-0.15, -0.1) is 0 Å². The van der Waals surface area contributed by atoms with Crippen LogP contribution in [0.2, 0.25) is 0 Å². The Bertz CT molecular complexity index is 1140. The second-order valence-corrected chi connectivity index (χ2v) is 16.9. The highest BCUT2D eigenvalue weighted by molar-refractivity contribution is 7.85. The van der Waals surface area contributed by atoms with Gasteiger partial charge in [0.2, 0.25) is 0 Å². The number of ether oxygens (including phenoxy) is 4. The van der Waals surface area contributed by atoms with Crippen molar-refractivity contribution in [3.05, 3.63) is 24.3 Å². The first-order valence-electron chi connectivity index (χ1n) is 21.9. The monoisotopic (exact) mass is 819 g/mol. The molecule has 1 aliphatic rings. The van der Waals surface area contributed by atoms with E-state index in [1.54, 1.807) is 0 Å². The van der Waals surface area contributed by atoms with Gasteiger partial charge < -0.3 is 34.3 Å². The van der Waals surface area contributed by atoms with Crippen LogP contribution in [0.4, 0.5) is 0 Å². The van der Waals surface area contributed by atoms with Gasteiger partial charge in [-0.1, -0.05) is 128 Å². The van der Waals surface area contributed by atoms with Crippen LogP contribution in [0.5, 0.6) is 0 Å². The summed E-state index contributed by atoms with van der Waals surface area (Å²) in [5, 5.41) is 30.8. The average molecular weight is 819 g/mol. The number of carbonyl (C=O) groups is 2. The second-order valence-electron chi connectivity index (χ2n) is 15.4. The van der Waals surface area contributed by atoms with Gasteiger partial charge in [0.1, 0.15) is 36.8 Å². The Morgan fingerprint density at radius 1 is 0.589 bits per heavy atom. The molecule has 328 valence electrons. The van der Waals surface area contributed by atoms with Crippen molar-refractivity contribution in [2.75, 3.05) is 19.0 Å². The molecule has 6 unspecified atom stereocenters. The van der Waals surface area contributed by atoms with Crippen molar-refractivity contribution in [3.63, 3.8) is 0 Å². The first kappa shape index (κ1) is 52.1. The largest absolute Gasteiger partial charge is 0.462 e. The highest BCUT2D eigenvalue weighted by Gasteiger charge is 2.46. The molecule has 1 fully saturated rings. The van der Waals surface area contributed by atoms with E-state index in [-0.39, 0.29) is 19.4 Å². The molecule has 13 heteroatoms. The molecule has 0 saturated carbocycles. The number of esters is 2. The zero-order chi connectivity index (χ0) is 41.3. The Morgan fingerprint density at radius 2 is 1.02 bits per heavy atom. The van der Waals surface area contributed by atoms with Crippen LogP contribution in [0.1, 0.15) is 181 Å². The van der Waals surface area contributed by atoms with Crippen LogP contribution in [0.15, 0.2) is 24.3 Å². The number of unbranched alkanes of at least 4 members (excludes halogenated alkanes) is 20. The SMILES string of the molecule is CCCCC/C=C\CCCCCCCC(=O)OCC(COC1OC(CS(=O)(=O)O)C(O)C(O)C1O)OC(=O)CCCCCCC/C=C\CCCCCCCCC.